The first kappa shape index (κ1) is 19.5. The van der Waals surface area contributed by atoms with Crippen molar-refractivity contribution in [3.63, 3.8) is 0 Å². The molecule has 0 fully saturated rings. The molecule has 1 N–H and O–H groups in total. The molecule has 3 aromatic heterocycles. The minimum atomic E-state index is -0.468. The Morgan fingerprint density at radius 2 is 1.97 bits per heavy atom. The molecule has 3 aromatic rings. The summed E-state index contributed by atoms with van der Waals surface area (Å²) in [7, 11) is 0. The summed E-state index contributed by atoms with van der Waals surface area (Å²) in [6.45, 7) is 7.37. The number of thiophene rings is 1. The molecule has 0 saturated heterocycles. The minimum absolute atomic E-state index is 0.0146. The number of carbonyl (C=O) groups is 2. The summed E-state index contributed by atoms with van der Waals surface area (Å²) >= 11 is 1.44. The van der Waals surface area contributed by atoms with Crippen molar-refractivity contribution in [2.75, 3.05) is 5.32 Å². The largest absolute Gasteiger partial charge is 0.459 e. The van der Waals surface area contributed by atoms with Crippen LogP contribution in [-0.4, -0.2) is 37.6 Å². The lowest BCUT2D eigenvalue weighted by Crippen LogP contribution is -2.18. The van der Waals surface area contributed by atoms with Crippen LogP contribution in [0.5, 0.6) is 0 Å². The number of amides is 1. The van der Waals surface area contributed by atoms with Crippen LogP contribution in [0.15, 0.2) is 6.07 Å². The van der Waals surface area contributed by atoms with Crippen molar-refractivity contribution in [1.82, 2.24) is 19.6 Å². The molecule has 0 saturated carbocycles. The van der Waals surface area contributed by atoms with Gasteiger partial charge in [0.15, 0.2) is 0 Å². The third-order valence-electron chi connectivity index (χ3n) is 4.77. The van der Waals surface area contributed by atoms with Crippen molar-refractivity contribution in [3.05, 3.63) is 39.3 Å². The highest BCUT2D eigenvalue weighted by atomic mass is 32.1. The second kappa shape index (κ2) is 7.55. The van der Waals surface area contributed by atoms with Gasteiger partial charge in [-0.15, -0.1) is 16.4 Å². The standard InChI is InChI=1S/C20H23N5O3S/c1-10(2)28-19(27)15-13-7-5-6-8-14(13)29-18(15)23-17(26)16-22-20-21-11(3)9-12(4)25(20)24-16/h9-10H,5-8H2,1-4H3,(H,23,26). The van der Waals surface area contributed by atoms with Crippen molar-refractivity contribution < 1.29 is 14.3 Å². The van der Waals surface area contributed by atoms with Gasteiger partial charge in [-0.3, -0.25) is 4.79 Å². The average molecular weight is 414 g/mol. The fourth-order valence-electron chi connectivity index (χ4n) is 3.56. The van der Waals surface area contributed by atoms with E-state index in [0.29, 0.717) is 16.3 Å². The number of anilines is 1. The van der Waals surface area contributed by atoms with Crippen LogP contribution in [0.1, 0.15) is 69.5 Å². The predicted molar refractivity (Wildman–Crippen MR) is 110 cm³/mol. The second-order valence-electron chi connectivity index (χ2n) is 7.51. The lowest BCUT2D eigenvalue weighted by atomic mass is 9.95. The van der Waals surface area contributed by atoms with Gasteiger partial charge >= 0.3 is 5.97 Å². The van der Waals surface area contributed by atoms with Gasteiger partial charge in [0.1, 0.15) is 5.00 Å². The van der Waals surface area contributed by atoms with E-state index >= 15 is 0 Å². The zero-order valence-corrected chi connectivity index (χ0v) is 17.7. The molecule has 1 amide bonds. The molecule has 0 atom stereocenters. The summed E-state index contributed by atoms with van der Waals surface area (Å²) in [5.41, 5.74) is 3.12. The Morgan fingerprint density at radius 1 is 1.21 bits per heavy atom. The van der Waals surface area contributed by atoms with Crippen molar-refractivity contribution in [1.29, 1.82) is 0 Å². The molecule has 1 aliphatic carbocycles. The number of hydrogen-bond acceptors (Lipinski definition) is 7. The number of ether oxygens (including phenoxy) is 1. The first-order valence-corrected chi connectivity index (χ1v) is 10.5. The summed E-state index contributed by atoms with van der Waals surface area (Å²) < 4.78 is 6.97. The Morgan fingerprint density at radius 3 is 2.72 bits per heavy atom. The summed E-state index contributed by atoms with van der Waals surface area (Å²) in [5.74, 6) is -0.478. The molecular weight excluding hydrogens is 390 g/mol. The molecule has 0 unspecified atom stereocenters. The molecule has 9 heteroatoms. The van der Waals surface area contributed by atoms with Gasteiger partial charge in [-0.2, -0.15) is 4.98 Å². The topological polar surface area (TPSA) is 98.5 Å². The Balaban J connectivity index is 1.68. The lowest BCUT2D eigenvalue weighted by molar-refractivity contribution is 0.0378. The molecule has 0 spiro atoms. The van der Waals surface area contributed by atoms with Crippen molar-refractivity contribution in [2.45, 2.75) is 59.5 Å². The van der Waals surface area contributed by atoms with E-state index in [1.54, 1.807) is 0 Å². The first-order valence-electron chi connectivity index (χ1n) is 9.71. The maximum atomic E-state index is 12.9. The van der Waals surface area contributed by atoms with Crippen LogP contribution in [0.4, 0.5) is 5.00 Å². The van der Waals surface area contributed by atoms with Gasteiger partial charge < -0.3 is 10.1 Å². The van der Waals surface area contributed by atoms with E-state index in [9.17, 15) is 9.59 Å². The van der Waals surface area contributed by atoms with Crippen LogP contribution in [0.25, 0.3) is 5.78 Å². The fraction of sp³-hybridized carbons (Fsp3) is 0.450. The molecule has 1 aliphatic rings. The summed E-state index contributed by atoms with van der Waals surface area (Å²) in [6, 6.07) is 1.87. The molecule has 0 bridgehead atoms. The SMILES string of the molecule is Cc1cc(C)n2nc(C(=O)Nc3sc4c(c3C(=O)OC(C)C)CCCC4)nc2n1. The van der Waals surface area contributed by atoms with Gasteiger partial charge in [-0.05, 0) is 65.0 Å². The number of esters is 1. The molecule has 0 aliphatic heterocycles. The van der Waals surface area contributed by atoms with Crippen LogP contribution in [0.2, 0.25) is 0 Å². The van der Waals surface area contributed by atoms with E-state index in [0.717, 1.165) is 47.5 Å². The Labute approximate surface area is 172 Å². The number of carbonyl (C=O) groups excluding carboxylic acids is 2. The second-order valence-corrected chi connectivity index (χ2v) is 8.61. The van der Waals surface area contributed by atoms with Crippen molar-refractivity contribution in [2.24, 2.45) is 0 Å². The van der Waals surface area contributed by atoms with E-state index in [1.807, 2.05) is 33.8 Å². The molecular formula is C20H23N5O3S. The van der Waals surface area contributed by atoms with Crippen LogP contribution in [0, 0.1) is 13.8 Å². The summed E-state index contributed by atoms with van der Waals surface area (Å²) in [4.78, 5) is 35.3. The van der Waals surface area contributed by atoms with Crippen LogP contribution in [-0.2, 0) is 17.6 Å². The van der Waals surface area contributed by atoms with Crippen molar-refractivity contribution in [3.8, 4) is 0 Å². The number of nitrogens with zero attached hydrogens (tertiary/aromatic N) is 4. The van der Waals surface area contributed by atoms with Gasteiger partial charge in [0.05, 0.1) is 11.7 Å². The maximum absolute atomic E-state index is 12.9. The Kier molecular flexibility index (Phi) is 5.08. The predicted octanol–water partition coefficient (Wildman–Crippen LogP) is 3.50. The van der Waals surface area contributed by atoms with Crippen LogP contribution >= 0.6 is 11.3 Å². The number of nitrogens with one attached hydrogen (secondary N) is 1. The zero-order chi connectivity index (χ0) is 20.7. The van der Waals surface area contributed by atoms with Gasteiger partial charge in [0.25, 0.3) is 11.7 Å². The highest BCUT2D eigenvalue weighted by molar-refractivity contribution is 7.17. The molecule has 4 rings (SSSR count). The van der Waals surface area contributed by atoms with E-state index in [4.69, 9.17) is 4.74 Å². The number of hydrogen-bond donors (Lipinski definition) is 1. The number of rotatable bonds is 4. The van der Waals surface area contributed by atoms with E-state index in [1.165, 1.54) is 15.9 Å². The third kappa shape index (κ3) is 3.74. The smallest absolute Gasteiger partial charge is 0.341 e. The fourth-order valence-corrected chi connectivity index (χ4v) is 4.84. The monoisotopic (exact) mass is 413 g/mol. The van der Waals surface area contributed by atoms with Gasteiger partial charge in [0, 0.05) is 16.3 Å². The molecule has 8 nitrogen and oxygen atoms in total. The molecule has 0 aromatic carbocycles. The zero-order valence-electron chi connectivity index (χ0n) is 16.9. The molecule has 0 radical (unpaired) electrons. The average Bonchev–Trinajstić information content (AvgIpc) is 3.22. The summed E-state index contributed by atoms with van der Waals surface area (Å²) in [5, 5.41) is 7.63. The Bertz CT molecular complexity index is 1120. The van der Waals surface area contributed by atoms with E-state index < -0.39 is 11.9 Å². The normalized spacial score (nSPS) is 13.6. The number of aryl methyl sites for hydroxylation is 3. The third-order valence-corrected chi connectivity index (χ3v) is 5.97. The lowest BCUT2D eigenvalue weighted by Gasteiger charge is -2.14. The number of aromatic nitrogens is 4. The van der Waals surface area contributed by atoms with Crippen LogP contribution in [0.3, 0.4) is 0 Å². The highest BCUT2D eigenvalue weighted by Gasteiger charge is 2.28. The quantitative estimate of drug-likeness (QED) is 0.658. The minimum Gasteiger partial charge on any atom is -0.459 e. The molecule has 3 heterocycles. The van der Waals surface area contributed by atoms with Gasteiger partial charge in [-0.1, -0.05) is 0 Å². The van der Waals surface area contributed by atoms with Gasteiger partial charge in [-0.25, -0.2) is 14.3 Å². The molecule has 152 valence electrons. The van der Waals surface area contributed by atoms with E-state index in [-0.39, 0.29) is 11.9 Å². The number of fused-ring (bicyclic) bond motifs is 2. The van der Waals surface area contributed by atoms with Crippen LogP contribution < -0.4 is 5.32 Å². The van der Waals surface area contributed by atoms with E-state index in [2.05, 4.69) is 20.4 Å². The Hall–Kier alpha value is -2.81. The maximum Gasteiger partial charge on any atom is 0.341 e. The summed E-state index contributed by atoms with van der Waals surface area (Å²) in [6.07, 6.45) is 3.60. The molecule has 29 heavy (non-hydrogen) atoms. The highest BCUT2D eigenvalue weighted by Crippen LogP contribution is 2.38. The van der Waals surface area contributed by atoms with Crippen molar-refractivity contribution >= 4 is 34.0 Å². The van der Waals surface area contributed by atoms with Gasteiger partial charge in [0.2, 0.25) is 5.82 Å². The first-order chi connectivity index (χ1) is 13.8.